The predicted octanol–water partition coefficient (Wildman–Crippen LogP) is 3.25. The number of nitrogens with one attached hydrogen (secondary N) is 1. The highest BCUT2D eigenvalue weighted by molar-refractivity contribution is 8.01. The van der Waals surface area contributed by atoms with E-state index in [0.717, 1.165) is 0 Å². The summed E-state index contributed by atoms with van der Waals surface area (Å²) in [5.41, 5.74) is -0.851. The fourth-order valence-corrected chi connectivity index (χ4v) is 2.14. The van der Waals surface area contributed by atoms with Crippen LogP contribution in [-0.2, 0) is 15.7 Å². The molecule has 0 spiro atoms. The number of rotatable bonds is 4. The summed E-state index contributed by atoms with van der Waals surface area (Å²) >= 11 is 1.61. The van der Waals surface area contributed by atoms with Crippen LogP contribution in [0.5, 0.6) is 0 Å². The lowest BCUT2D eigenvalue weighted by atomic mass is 9.97. The summed E-state index contributed by atoms with van der Waals surface area (Å²) in [5, 5.41) is 6.97. The summed E-state index contributed by atoms with van der Waals surface area (Å²) in [6.07, 6.45) is 0. The van der Waals surface area contributed by atoms with Crippen molar-refractivity contribution in [2.45, 2.75) is 71.1 Å². The monoisotopic (exact) mass is 313 g/mol. The van der Waals surface area contributed by atoms with Crippen molar-refractivity contribution in [1.29, 1.82) is 0 Å². The van der Waals surface area contributed by atoms with Crippen LogP contribution in [0.25, 0.3) is 0 Å². The van der Waals surface area contributed by atoms with Crippen LogP contribution in [0.15, 0.2) is 4.52 Å². The quantitative estimate of drug-likeness (QED) is 0.924. The van der Waals surface area contributed by atoms with Gasteiger partial charge in [0.15, 0.2) is 5.82 Å². The van der Waals surface area contributed by atoms with Gasteiger partial charge in [-0.3, -0.25) is 4.79 Å². The summed E-state index contributed by atoms with van der Waals surface area (Å²) in [6, 6.07) is 0. The van der Waals surface area contributed by atoms with Gasteiger partial charge in [0.2, 0.25) is 11.8 Å². The van der Waals surface area contributed by atoms with E-state index in [0.29, 0.717) is 17.5 Å². The molecule has 1 aromatic rings. The van der Waals surface area contributed by atoms with E-state index in [9.17, 15) is 4.79 Å². The first kappa shape index (κ1) is 18.0. The van der Waals surface area contributed by atoms with E-state index in [2.05, 4.69) is 36.2 Å². The number of thioether (sulfide) groups is 1. The van der Waals surface area contributed by atoms with Crippen LogP contribution in [0.3, 0.4) is 0 Å². The maximum Gasteiger partial charge on any atom is 0.232 e. The first-order valence-corrected chi connectivity index (χ1v) is 8.09. The summed E-state index contributed by atoms with van der Waals surface area (Å²) in [6.45, 7) is 16.1. The Hall–Kier alpha value is -1.04. The highest BCUT2D eigenvalue weighted by Crippen LogP contribution is 2.25. The molecule has 1 heterocycles. The SMILES string of the molecule is CC(C)(C)SCC(=O)NC(C)(C)c1noc(C(C)(C)C)n1. The maximum absolute atomic E-state index is 12.1. The molecule has 120 valence electrons. The smallest absolute Gasteiger partial charge is 0.232 e. The van der Waals surface area contributed by atoms with Crippen molar-refractivity contribution in [3.8, 4) is 0 Å². The third kappa shape index (κ3) is 5.69. The molecule has 5 nitrogen and oxygen atoms in total. The molecule has 0 aliphatic carbocycles. The first-order chi connectivity index (χ1) is 9.31. The van der Waals surface area contributed by atoms with Gasteiger partial charge in [-0.1, -0.05) is 46.7 Å². The molecule has 0 atom stereocenters. The van der Waals surface area contributed by atoms with E-state index in [1.807, 2.05) is 34.6 Å². The maximum atomic E-state index is 12.1. The Labute approximate surface area is 131 Å². The average Bonchev–Trinajstić information content (AvgIpc) is 2.74. The molecule has 0 saturated heterocycles. The van der Waals surface area contributed by atoms with Gasteiger partial charge in [0, 0.05) is 10.2 Å². The van der Waals surface area contributed by atoms with E-state index in [1.165, 1.54) is 0 Å². The Kier molecular flexibility index (Phi) is 5.13. The van der Waals surface area contributed by atoms with Crippen molar-refractivity contribution in [3.05, 3.63) is 11.7 Å². The zero-order valence-electron chi connectivity index (χ0n) is 14.3. The van der Waals surface area contributed by atoms with Crippen LogP contribution < -0.4 is 5.32 Å². The van der Waals surface area contributed by atoms with Crippen LogP contribution >= 0.6 is 11.8 Å². The molecule has 1 amide bonds. The molecule has 0 unspecified atom stereocenters. The van der Waals surface area contributed by atoms with Crippen molar-refractivity contribution < 1.29 is 9.32 Å². The van der Waals surface area contributed by atoms with Crippen molar-refractivity contribution in [3.63, 3.8) is 0 Å². The molecule has 0 aliphatic heterocycles. The Bertz CT molecular complexity index is 496. The van der Waals surface area contributed by atoms with Crippen molar-refractivity contribution in [2.75, 3.05) is 5.75 Å². The summed E-state index contributed by atoms with van der Waals surface area (Å²) in [7, 11) is 0. The van der Waals surface area contributed by atoms with Gasteiger partial charge in [0.25, 0.3) is 0 Å². The lowest BCUT2D eigenvalue weighted by Crippen LogP contribution is -2.43. The Morgan fingerprint density at radius 1 is 1.14 bits per heavy atom. The van der Waals surface area contributed by atoms with Gasteiger partial charge < -0.3 is 9.84 Å². The number of amides is 1. The van der Waals surface area contributed by atoms with E-state index in [1.54, 1.807) is 11.8 Å². The van der Waals surface area contributed by atoms with E-state index in [-0.39, 0.29) is 16.1 Å². The molecule has 1 rings (SSSR count). The lowest BCUT2D eigenvalue weighted by Gasteiger charge is -2.24. The second kappa shape index (κ2) is 5.99. The van der Waals surface area contributed by atoms with Crippen molar-refractivity contribution in [2.24, 2.45) is 0 Å². The number of hydrogen-bond donors (Lipinski definition) is 1. The van der Waals surface area contributed by atoms with E-state index < -0.39 is 5.54 Å². The third-order valence-electron chi connectivity index (χ3n) is 2.71. The summed E-state index contributed by atoms with van der Waals surface area (Å²) < 4.78 is 5.36. The molecule has 21 heavy (non-hydrogen) atoms. The predicted molar refractivity (Wildman–Crippen MR) is 86.4 cm³/mol. The average molecular weight is 313 g/mol. The number of carbonyl (C=O) groups excluding carboxylic acids is 1. The topological polar surface area (TPSA) is 68.0 Å². The van der Waals surface area contributed by atoms with Gasteiger partial charge >= 0.3 is 0 Å². The van der Waals surface area contributed by atoms with Gasteiger partial charge in [-0.05, 0) is 13.8 Å². The van der Waals surface area contributed by atoms with Crippen molar-refractivity contribution in [1.82, 2.24) is 15.5 Å². The molecule has 1 N–H and O–H groups in total. The minimum Gasteiger partial charge on any atom is -0.343 e. The summed E-state index contributed by atoms with van der Waals surface area (Å²) in [4.78, 5) is 16.5. The fourth-order valence-electron chi connectivity index (χ4n) is 1.50. The Morgan fingerprint density at radius 3 is 2.14 bits per heavy atom. The van der Waals surface area contributed by atoms with Gasteiger partial charge in [-0.25, -0.2) is 0 Å². The number of hydrogen-bond acceptors (Lipinski definition) is 5. The van der Waals surface area contributed by atoms with E-state index in [4.69, 9.17) is 4.52 Å². The van der Waals surface area contributed by atoms with Crippen LogP contribution in [-0.4, -0.2) is 26.5 Å². The van der Waals surface area contributed by atoms with Gasteiger partial charge in [0.1, 0.15) is 0 Å². The van der Waals surface area contributed by atoms with Gasteiger partial charge in [-0.15, -0.1) is 11.8 Å². The zero-order valence-corrected chi connectivity index (χ0v) is 15.1. The third-order valence-corrected chi connectivity index (χ3v) is 3.99. The number of carbonyl (C=O) groups is 1. The minimum atomic E-state index is -0.650. The molecule has 0 saturated carbocycles. The molecule has 0 aromatic carbocycles. The second-order valence-corrected chi connectivity index (χ2v) is 9.55. The highest BCUT2D eigenvalue weighted by atomic mass is 32.2. The molecular formula is C15H27N3O2S. The normalized spacial score (nSPS) is 13.3. The van der Waals surface area contributed by atoms with E-state index >= 15 is 0 Å². The van der Waals surface area contributed by atoms with Crippen LogP contribution in [0.4, 0.5) is 0 Å². The molecule has 0 fully saturated rings. The standard InChI is InChI=1S/C15H27N3O2S/c1-13(2,3)12-16-11(18-20-12)15(7,8)17-10(19)9-21-14(4,5)6/h9H2,1-8H3,(H,17,19). The van der Waals surface area contributed by atoms with Gasteiger partial charge in [0.05, 0.1) is 11.3 Å². The molecule has 0 bridgehead atoms. The highest BCUT2D eigenvalue weighted by Gasteiger charge is 2.31. The van der Waals surface area contributed by atoms with Crippen LogP contribution in [0, 0.1) is 0 Å². The van der Waals surface area contributed by atoms with Crippen LogP contribution in [0.1, 0.15) is 67.1 Å². The molecule has 0 aliphatic rings. The van der Waals surface area contributed by atoms with Crippen molar-refractivity contribution >= 4 is 17.7 Å². The van der Waals surface area contributed by atoms with Crippen LogP contribution in [0.2, 0.25) is 0 Å². The largest absolute Gasteiger partial charge is 0.343 e. The molecule has 0 radical (unpaired) electrons. The second-order valence-electron chi connectivity index (χ2n) is 7.75. The molecule has 1 aromatic heterocycles. The first-order valence-electron chi connectivity index (χ1n) is 7.11. The minimum absolute atomic E-state index is 0.0259. The number of nitrogens with zero attached hydrogens (tertiary/aromatic N) is 2. The number of aromatic nitrogens is 2. The zero-order chi connectivity index (χ0) is 16.5. The fraction of sp³-hybridized carbons (Fsp3) is 0.800. The Balaban J connectivity index is 2.73. The molecular weight excluding hydrogens is 286 g/mol. The summed E-state index contributed by atoms with van der Waals surface area (Å²) in [5.74, 6) is 1.46. The Morgan fingerprint density at radius 2 is 1.71 bits per heavy atom. The lowest BCUT2D eigenvalue weighted by molar-refractivity contribution is -0.120. The molecule has 6 heteroatoms. The van der Waals surface area contributed by atoms with Gasteiger partial charge in [-0.2, -0.15) is 4.98 Å².